The maximum Gasteiger partial charge on any atom is 0.0860 e. The minimum Gasteiger partial charge on any atom is -0.306 e. The lowest BCUT2D eigenvalue weighted by molar-refractivity contribution is 0.542. The number of hydrogen-bond donors (Lipinski definition) is 1. The summed E-state index contributed by atoms with van der Waals surface area (Å²) in [4.78, 5) is 5.50. The molecular formula is C15H22N4S. The van der Waals surface area contributed by atoms with E-state index >= 15 is 0 Å². The Morgan fingerprint density at radius 3 is 2.65 bits per heavy atom. The van der Waals surface area contributed by atoms with Crippen LogP contribution in [0.4, 0.5) is 0 Å². The second kappa shape index (κ2) is 5.97. The number of nitrogens with zero attached hydrogens (tertiary/aromatic N) is 3. The fourth-order valence-electron chi connectivity index (χ4n) is 2.21. The van der Waals surface area contributed by atoms with E-state index in [9.17, 15) is 0 Å². The summed E-state index contributed by atoms with van der Waals surface area (Å²) in [6.45, 7) is 11.6. The zero-order valence-electron chi connectivity index (χ0n) is 12.8. The normalized spacial score (nSPS) is 13.4. The Kier molecular flexibility index (Phi) is 4.50. The first-order chi connectivity index (χ1) is 9.43. The highest BCUT2D eigenvalue weighted by atomic mass is 32.1. The van der Waals surface area contributed by atoms with Crippen LogP contribution in [-0.2, 0) is 5.41 Å². The molecule has 0 aliphatic carbocycles. The van der Waals surface area contributed by atoms with Crippen molar-refractivity contribution in [2.75, 3.05) is 6.54 Å². The number of hydrogen-bond acceptors (Lipinski definition) is 5. The predicted octanol–water partition coefficient (Wildman–Crippen LogP) is 3.24. The average molecular weight is 290 g/mol. The summed E-state index contributed by atoms with van der Waals surface area (Å²) in [6, 6.07) is 2.29. The molecule has 0 saturated carbocycles. The Morgan fingerprint density at radius 1 is 1.30 bits per heavy atom. The molecular weight excluding hydrogens is 268 g/mol. The van der Waals surface area contributed by atoms with Gasteiger partial charge in [-0.25, -0.2) is 0 Å². The van der Waals surface area contributed by atoms with Crippen molar-refractivity contribution in [3.05, 3.63) is 40.2 Å². The number of rotatable bonds is 4. The van der Waals surface area contributed by atoms with Crippen LogP contribution in [0, 0.1) is 6.92 Å². The van der Waals surface area contributed by atoms with E-state index in [0.717, 1.165) is 12.2 Å². The monoisotopic (exact) mass is 290 g/mol. The molecule has 0 saturated heterocycles. The lowest BCUT2D eigenvalue weighted by atomic mass is 9.89. The predicted molar refractivity (Wildman–Crippen MR) is 83.1 cm³/mol. The molecule has 1 unspecified atom stereocenters. The standard InChI is InChI=1S/C15H22N4S/c1-6-17-12(11-7-10(2)8-16-9-11)13-14(15(3,4)5)18-19-20-13/h7-9,12,17H,6H2,1-5H3. The van der Waals surface area contributed by atoms with Gasteiger partial charge in [0.25, 0.3) is 0 Å². The number of aryl methyl sites for hydroxylation is 1. The summed E-state index contributed by atoms with van der Waals surface area (Å²) in [5.41, 5.74) is 3.39. The van der Waals surface area contributed by atoms with Crippen molar-refractivity contribution in [3.8, 4) is 0 Å². The molecule has 20 heavy (non-hydrogen) atoms. The topological polar surface area (TPSA) is 50.7 Å². The highest BCUT2D eigenvalue weighted by Crippen LogP contribution is 2.33. The van der Waals surface area contributed by atoms with Gasteiger partial charge < -0.3 is 5.32 Å². The first-order valence-corrected chi connectivity index (χ1v) is 7.68. The van der Waals surface area contributed by atoms with E-state index in [-0.39, 0.29) is 11.5 Å². The molecule has 0 spiro atoms. The molecule has 2 heterocycles. The first-order valence-electron chi connectivity index (χ1n) is 6.91. The van der Waals surface area contributed by atoms with Gasteiger partial charge in [0.1, 0.15) is 0 Å². The summed E-state index contributed by atoms with van der Waals surface area (Å²) in [5.74, 6) is 0. The van der Waals surface area contributed by atoms with E-state index in [1.54, 1.807) is 0 Å². The van der Waals surface area contributed by atoms with Crippen LogP contribution in [0.1, 0.15) is 55.4 Å². The summed E-state index contributed by atoms with van der Waals surface area (Å²) in [6.07, 6.45) is 3.80. The first kappa shape index (κ1) is 15.1. The molecule has 0 bridgehead atoms. The minimum absolute atomic E-state index is 0.00669. The van der Waals surface area contributed by atoms with E-state index < -0.39 is 0 Å². The van der Waals surface area contributed by atoms with Crippen LogP contribution in [0.25, 0.3) is 0 Å². The van der Waals surface area contributed by atoms with Gasteiger partial charge in [0.15, 0.2) is 0 Å². The maximum atomic E-state index is 4.35. The van der Waals surface area contributed by atoms with Gasteiger partial charge in [-0.1, -0.05) is 38.2 Å². The Balaban J connectivity index is 2.47. The third-order valence-electron chi connectivity index (χ3n) is 3.12. The maximum absolute atomic E-state index is 4.35. The smallest absolute Gasteiger partial charge is 0.0860 e. The van der Waals surface area contributed by atoms with Gasteiger partial charge in [0.2, 0.25) is 0 Å². The average Bonchev–Trinajstić information content (AvgIpc) is 2.84. The second-order valence-corrected chi connectivity index (χ2v) is 6.81. The second-order valence-electron chi connectivity index (χ2n) is 6.02. The third kappa shape index (κ3) is 3.22. The van der Waals surface area contributed by atoms with Gasteiger partial charge in [-0.05, 0) is 36.1 Å². The van der Waals surface area contributed by atoms with Crippen molar-refractivity contribution in [1.82, 2.24) is 19.9 Å². The SMILES string of the molecule is CCNC(c1cncc(C)c1)c1snnc1C(C)(C)C. The van der Waals surface area contributed by atoms with E-state index in [1.807, 2.05) is 12.4 Å². The molecule has 1 atom stereocenters. The van der Waals surface area contributed by atoms with Crippen molar-refractivity contribution in [2.24, 2.45) is 0 Å². The number of aromatic nitrogens is 3. The van der Waals surface area contributed by atoms with Gasteiger partial charge in [0.05, 0.1) is 16.6 Å². The molecule has 5 heteroatoms. The molecule has 1 N–H and O–H groups in total. The Bertz CT molecular complexity index is 571. The Hall–Kier alpha value is -1.33. The van der Waals surface area contributed by atoms with Crippen LogP contribution in [0.2, 0.25) is 0 Å². The molecule has 2 aromatic rings. The highest BCUT2D eigenvalue weighted by molar-refractivity contribution is 7.05. The molecule has 0 fully saturated rings. The van der Waals surface area contributed by atoms with Gasteiger partial charge in [-0.2, -0.15) is 0 Å². The molecule has 2 rings (SSSR count). The van der Waals surface area contributed by atoms with Crippen LogP contribution in [0.15, 0.2) is 18.5 Å². The molecule has 0 aliphatic heterocycles. The summed E-state index contributed by atoms with van der Waals surface area (Å²) in [5, 5.41) is 7.88. The van der Waals surface area contributed by atoms with Crippen LogP contribution < -0.4 is 5.32 Å². The number of pyridine rings is 1. The lowest BCUT2D eigenvalue weighted by Gasteiger charge is -2.22. The van der Waals surface area contributed by atoms with Gasteiger partial charge >= 0.3 is 0 Å². The van der Waals surface area contributed by atoms with Gasteiger partial charge in [0, 0.05) is 17.8 Å². The van der Waals surface area contributed by atoms with Crippen molar-refractivity contribution in [1.29, 1.82) is 0 Å². The quantitative estimate of drug-likeness (QED) is 0.939. The van der Waals surface area contributed by atoms with Crippen molar-refractivity contribution < 1.29 is 0 Å². The van der Waals surface area contributed by atoms with Gasteiger partial charge in [-0.3, -0.25) is 4.98 Å². The lowest BCUT2D eigenvalue weighted by Crippen LogP contribution is -2.25. The molecule has 0 aliphatic rings. The van der Waals surface area contributed by atoms with E-state index in [1.165, 1.54) is 27.5 Å². The molecule has 4 nitrogen and oxygen atoms in total. The van der Waals surface area contributed by atoms with Crippen LogP contribution >= 0.6 is 11.5 Å². The minimum atomic E-state index is -0.00669. The molecule has 0 aromatic carbocycles. The zero-order valence-corrected chi connectivity index (χ0v) is 13.6. The third-order valence-corrected chi connectivity index (χ3v) is 3.91. The summed E-state index contributed by atoms with van der Waals surface area (Å²) >= 11 is 1.47. The molecule has 108 valence electrons. The zero-order chi connectivity index (χ0) is 14.8. The molecule has 2 aromatic heterocycles. The summed E-state index contributed by atoms with van der Waals surface area (Å²) < 4.78 is 4.17. The molecule has 0 radical (unpaired) electrons. The van der Waals surface area contributed by atoms with Crippen LogP contribution in [0.5, 0.6) is 0 Å². The highest BCUT2D eigenvalue weighted by Gasteiger charge is 2.28. The van der Waals surface area contributed by atoms with E-state index in [4.69, 9.17) is 0 Å². The Morgan fingerprint density at radius 2 is 2.05 bits per heavy atom. The number of nitrogens with one attached hydrogen (secondary N) is 1. The van der Waals surface area contributed by atoms with Crippen molar-refractivity contribution >= 4 is 11.5 Å². The van der Waals surface area contributed by atoms with Crippen LogP contribution in [0.3, 0.4) is 0 Å². The van der Waals surface area contributed by atoms with E-state index in [2.05, 4.69) is 60.6 Å². The van der Waals surface area contributed by atoms with Crippen molar-refractivity contribution in [3.63, 3.8) is 0 Å². The fourth-order valence-corrected chi connectivity index (χ4v) is 3.18. The van der Waals surface area contributed by atoms with Gasteiger partial charge in [-0.15, -0.1) is 5.10 Å². The fraction of sp³-hybridized carbons (Fsp3) is 0.533. The van der Waals surface area contributed by atoms with Crippen molar-refractivity contribution in [2.45, 2.75) is 46.1 Å². The van der Waals surface area contributed by atoms with Crippen LogP contribution in [-0.4, -0.2) is 21.1 Å². The Labute approximate surface area is 124 Å². The summed E-state index contributed by atoms with van der Waals surface area (Å²) in [7, 11) is 0. The molecule has 0 amide bonds. The largest absolute Gasteiger partial charge is 0.306 e. The van der Waals surface area contributed by atoms with E-state index in [0.29, 0.717) is 0 Å².